The number of rotatable bonds is 7. The average Bonchev–Trinajstić information content (AvgIpc) is 3.45. The third kappa shape index (κ3) is 5.15. The van der Waals surface area contributed by atoms with E-state index >= 15 is 0 Å². The van der Waals surface area contributed by atoms with Crippen LogP contribution in [0.3, 0.4) is 0 Å². The summed E-state index contributed by atoms with van der Waals surface area (Å²) in [6.45, 7) is 4.38. The molecule has 0 radical (unpaired) electrons. The third-order valence-electron chi connectivity index (χ3n) is 5.62. The van der Waals surface area contributed by atoms with Crippen molar-refractivity contribution in [3.05, 3.63) is 52.5 Å². The first kappa shape index (κ1) is 23.5. The first-order valence-corrected chi connectivity index (χ1v) is 13.0. The second-order valence-electron chi connectivity index (χ2n) is 7.94. The molecule has 0 saturated carbocycles. The van der Waals surface area contributed by atoms with Gasteiger partial charge in [-0.1, -0.05) is 24.2 Å². The van der Waals surface area contributed by atoms with E-state index in [9.17, 15) is 17.6 Å². The summed E-state index contributed by atoms with van der Waals surface area (Å²) in [6.07, 6.45) is 1.80. The fourth-order valence-electron chi connectivity index (χ4n) is 3.78. The molecule has 3 heterocycles. The molecule has 8 nitrogen and oxygen atoms in total. The lowest BCUT2D eigenvalue weighted by Gasteiger charge is -2.31. The van der Waals surface area contributed by atoms with Gasteiger partial charge >= 0.3 is 0 Å². The van der Waals surface area contributed by atoms with Crippen molar-refractivity contribution < 1.29 is 22.1 Å². The topological polar surface area (TPSA) is 105 Å². The second-order valence-corrected chi connectivity index (χ2v) is 11.1. The quantitative estimate of drug-likeness (QED) is 0.541. The van der Waals surface area contributed by atoms with Gasteiger partial charge in [0, 0.05) is 30.9 Å². The first-order valence-electron chi connectivity index (χ1n) is 10.7. The molecule has 1 aliphatic heterocycles. The molecule has 0 unspecified atom stereocenters. The van der Waals surface area contributed by atoms with Crippen molar-refractivity contribution in [1.82, 2.24) is 19.8 Å². The van der Waals surface area contributed by atoms with Crippen LogP contribution >= 0.6 is 11.3 Å². The van der Waals surface area contributed by atoms with Gasteiger partial charge in [0.15, 0.2) is 0 Å². The maximum absolute atomic E-state index is 13.4. The Hall–Kier alpha value is -2.63. The number of nitrogens with zero attached hydrogens (tertiary/aromatic N) is 3. The molecule has 1 aromatic carbocycles. The van der Waals surface area contributed by atoms with Gasteiger partial charge in [-0.25, -0.2) is 12.8 Å². The molecule has 0 spiro atoms. The van der Waals surface area contributed by atoms with Gasteiger partial charge in [-0.3, -0.25) is 4.79 Å². The van der Waals surface area contributed by atoms with Crippen molar-refractivity contribution >= 4 is 27.3 Å². The number of aryl methyl sites for hydroxylation is 2. The van der Waals surface area contributed by atoms with Crippen molar-refractivity contribution in [2.45, 2.75) is 44.6 Å². The lowest BCUT2D eigenvalue weighted by Crippen LogP contribution is -2.45. The normalized spacial score (nSPS) is 17.2. The van der Waals surface area contributed by atoms with Crippen molar-refractivity contribution in [3.63, 3.8) is 0 Å². The van der Waals surface area contributed by atoms with E-state index in [1.165, 1.54) is 27.8 Å². The Bertz CT molecular complexity index is 1240. The molecule has 176 valence electrons. The number of piperidine rings is 1. The molecule has 0 aliphatic carbocycles. The zero-order valence-corrected chi connectivity index (χ0v) is 20.0. The van der Waals surface area contributed by atoms with Crippen LogP contribution in [0.4, 0.5) is 4.39 Å². The van der Waals surface area contributed by atoms with Crippen LogP contribution in [0.25, 0.3) is 10.7 Å². The van der Waals surface area contributed by atoms with Crippen LogP contribution in [0.15, 0.2) is 39.8 Å². The van der Waals surface area contributed by atoms with E-state index in [4.69, 9.17) is 4.52 Å². The van der Waals surface area contributed by atoms with E-state index in [0.29, 0.717) is 47.3 Å². The van der Waals surface area contributed by atoms with Crippen molar-refractivity contribution in [3.8, 4) is 10.7 Å². The number of halogens is 1. The predicted molar refractivity (Wildman–Crippen MR) is 121 cm³/mol. The smallest absolute Gasteiger partial charge is 0.244 e. The minimum absolute atomic E-state index is 0.115. The maximum Gasteiger partial charge on any atom is 0.244 e. The van der Waals surface area contributed by atoms with Gasteiger partial charge in [-0.15, -0.1) is 11.3 Å². The molecule has 1 fully saturated rings. The first-order chi connectivity index (χ1) is 15.8. The Balaban J connectivity index is 1.45. The van der Waals surface area contributed by atoms with E-state index in [1.807, 2.05) is 6.92 Å². The number of carbonyl (C=O) groups is 1. The fraction of sp³-hybridized carbons (Fsp3) is 0.409. The van der Waals surface area contributed by atoms with E-state index in [-0.39, 0.29) is 29.7 Å². The minimum Gasteiger partial charge on any atom is -0.352 e. The molecular formula is C22H25FN4O4S2. The molecule has 2 aromatic heterocycles. The van der Waals surface area contributed by atoms with Crippen LogP contribution in [0, 0.1) is 18.7 Å². The highest BCUT2D eigenvalue weighted by molar-refractivity contribution is 7.89. The largest absolute Gasteiger partial charge is 0.352 e. The molecule has 4 rings (SSSR count). The summed E-state index contributed by atoms with van der Waals surface area (Å²) < 4.78 is 46.4. The van der Waals surface area contributed by atoms with Crippen LogP contribution in [-0.2, 0) is 27.8 Å². The molecule has 0 bridgehead atoms. The number of amides is 1. The zero-order chi connectivity index (χ0) is 23.6. The SMILES string of the molecule is CCc1nc(-c2cc(S(=O)(=O)N3CCC[C@H](C(=O)NCc4ccc(F)cc4)C3)c(C)s2)no1. The number of hydrogen-bond donors (Lipinski definition) is 1. The van der Waals surface area contributed by atoms with Gasteiger partial charge in [0.2, 0.25) is 27.6 Å². The van der Waals surface area contributed by atoms with Crippen molar-refractivity contribution in [1.29, 1.82) is 0 Å². The molecular weight excluding hydrogens is 467 g/mol. The average molecular weight is 493 g/mol. The second kappa shape index (κ2) is 9.70. The predicted octanol–water partition coefficient (Wildman–Crippen LogP) is 3.53. The van der Waals surface area contributed by atoms with Gasteiger partial charge in [-0.05, 0) is 43.5 Å². The van der Waals surface area contributed by atoms with Crippen LogP contribution in [-0.4, -0.2) is 41.9 Å². The molecule has 11 heteroatoms. The van der Waals surface area contributed by atoms with E-state index < -0.39 is 15.9 Å². The van der Waals surface area contributed by atoms with Gasteiger partial charge < -0.3 is 9.84 Å². The van der Waals surface area contributed by atoms with Crippen molar-refractivity contribution in [2.24, 2.45) is 5.92 Å². The molecule has 3 aromatic rings. The molecule has 1 aliphatic rings. The molecule has 1 amide bonds. The Kier molecular flexibility index (Phi) is 6.91. The minimum atomic E-state index is -3.78. The van der Waals surface area contributed by atoms with E-state index in [2.05, 4.69) is 15.5 Å². The van der Waals surface area contributed by atoms with Crippen molar-refractivity contribution in [2.75, 3.05) is 13.1 Å². The van der Waals surface area contributed by atoms with Crippen LogP contribution in [0.2, 0.25) is 0 Å². The molecule has 1 atom stereocenters. The van der Waals surface area contributed by atoms with E-state index in [1.54, 1.807) is 25.1 Å². The van der Waals surface area contributed by atoms with Gasteiger partial charge in [0.1, 0.15) is 5.82 Å². The summed E-state index contributed by atoms with van der Waals surface area (Å²) in [6, 6.07) is 7.48. The number of nitrogens with one attached hydrogen (secondary N) is 1. The number of carbonyl (C=O) groups excluding carboxylic acids is 1. The third-order valence-corrected chi connectivity index (χ3v) is 8.78. The summed E-state index contributed by atoms with van der Waals surface area (Å²) in [4.78, 5) is 18.5. The summed E-state index contributed by atoms with van der Waals surface area (Å²) in [5.74, 6) is -0.128. The van der Waals surface area contributed by atoms with Gasteiger partial charge in [0.25, 0.3) is 0 Å². The summed E-state index contributed by atoms with van der Waals surface area (Å²) in [5.41, 5.74) is 0.777. The summed E-state index contributed by atoms with van der Waals surface area (Å²) in [7, 11) is -3.78. The zero-order valence-electron chi connectivity index (χ0n) is 18.4. The lowest BCUT2D eigenvalue weighted by atomic mass is 9.99. The lowest BCUT2D eigenvalue weighted by molar-refractivity contribution is -0.126. The highest BCUT2D eigenvalue weighted by Crippen LogP contribution is 2.35. The summed E-state index contributed by atoms with van der Waals surface area (Å²) in [5, 5.41) is 6.77. The Morgan fingerprint density at radius 1 is 1.33 bits per heavy atom. The Morgan fingerprint density at radius 2 is 2.09 bits per heavy atom. The molecule has 1 N–H and O–H groups in total. The van der Waals surface area contributed by atoms with Crippen LogP contribution < -0.4 is 5.32 Å². The Morgan fingerprint density at radius 3 is 2.79 bits per heavy atom. The van der Waals surface area contributed by atoms with Gasteiger partial charge in [0.05, 0.1) is 15.7 Å². The molecule has 33 heavy (non-hydrogen) atoms. The maximum atomic E-state index is 13.4. The highest BCUT2D eigenvalue weighted by atomic mass is 32.2. The number of thiophene rings is 1. The number of aromatic nitrogens is 2. The standard InChI is InChI=1S/C22H25FN4O4S2/c1-3-20-25-21(26-31-20)18-11-19(14(2)32-18)33(29,30)27-10-4-5-16(13-27)22(28)24-12-15-6-8-17(23)9-7-15/h6-9,11,16H,3-5,10,12-13H2,1-2H3,(H,24,28)/t16-/m0/s1. The Labute approximate surface area is 195 Å². The fourth-order valence-corrected chi connectivity index (χ4v) is 6.79. The number of sulfonamides is 1. The molecule has 1 saturated heterocycles. The monoisotopic (exact) mass is 492 g/mol. The van der Waals surface area contributed by atoms with E-state index in [0.717, 1.165) is 5.56 Å². The van der Waals surface area contributed by atoms with Crippen LogP contribution in [0.5, 0.6) is 0 Å². The van der Waals surface area contributed by atoms with Gasteiger partial charge in [-0.2, -0.15) is 9.29 Å². The number of benzene rings is 1. The highest BCUT2D eigenvalue weighted by Gasteiger charge is 2.35. The summed E-state index contributed by atoms with van der Waals surface area (Å²) >= 11 is 1.30. The van der Waals surface area contributed by atoms with Crippen LogP contribution in [0.1, 0.15) is 36.1 Å². The number of hydrogen-bond acceptors (Lipinski definition) is 7.